The highest BCUT2D eigenvalue weighted by atomic mass is 15.2. The van der Waals surface area contributed by atoms with E-state index in [-0.39, 0.29) is 0 Å². The second-order valence-electron chi connectivity index (χ2n) is 5.58. The molecule has 102 valence electrons. The van der Waals surface area contributed by atoms with Gasteiger partial charge in [0.25, 0.3) is 0 Å². The quantitative estimate of drug-likeness (QED) is 0.865. The van der Waals surface area contributed by atoms with Crippen LogP contribution in [0.25, 0.3) is 0 Å². The normalized spacial score (nSPS) is 25.5. The van der Waals surface area contributed by atoms with Gasteiger partial charge in [0, 0.05) is 25.8 Å². The Balaban J connectivity index is 1.94. The van der Waals surface area contributed by atoms with Crippen molar-refractivity contribution in [3.8, 4) is 0 Å². The number of aromatic nitrogens is 2. The van der Waals surface area contributed by atoms with Crippen molar-refractivity contribution in [1.82, 2.24) is 14.5 Å². The van der Waals surface area contributed by atoms with Crippen LogP contribution in [0.5, 0.6) is 0 Å². The molecule has 1 fully saturated rings. The minimum absolute atomic E-state index is 0.654. The van der Waals surface area contributed by atoms with E-state index in [2.05, 4.69) is 28.3 Å². The minimum Gasteiger partial charge on any atom is -0.333 e. The zero-order chi connectivity index (χ0) is 13.0. The zero-order valence-electron chi connectivity index (χ0n) is 11.7. The Morgan fingerprint density at radius 2 is 2.33 bits per heavy atom. The number of imidazole rings is 1. The van der Waals surface area contributed by atoms with Crippen LogP contribution in [0.15, 0.2) is 12.5 Å². The number of nitrogens with zero attached hydrogens (tertiary/aromatic N) is 3. The second-order valence-corrected chi connectivity index (χ2v) is 5.58. The van der Waals surface area contributed by atoms with E-state index in [1.807, 2.05) is 12.5 Å². The average Bonchev–Trinajstić information content (AvgIpc) is 2.80. The fraction of sp³-hybridized carbons (Fsp3) is 0.786. The van der Waals surface area contributed by atoms with Crippen molar-refractivity contribution >= 4 is 0 Å². The van der Waals surface area contributed by atoms with E-state index in [0.717, 1.165) is 38.5 Å². The van der Waals surface area contributed by atoms with Gasteiger partial charge in [-0.3, -0.25) is 4.90 Å². The minimum atomic E-state index is 0.654. The van der Waals surface area contributed by atoms with Crippen LogP contribution < -0.4 is 5.73 Å². The number of aryl methyl sites for hydroxylation is 1. The lowest BCUT2D eigenvalue weighted by atomic mass is 9.87. The van der Waals surface area contributed by atoms with Gasteiger partial charge in [-0.15, -0.1) is 0 Å². The van der Waals surface area contributed by atoms with Crippen molar-refractivity contribution in [1.29, 1.82) is 0 Å². The van der Waals surface area contributed by atoms with Gasteiger partial charge in [-0.1, -0.05) is 13.8 Å². The van der Waals surface area contributed by atoms with E-state index >= 15 is 0 Å². The van der Waals surface area contributed by atoms with E-state index in [0.29, 0.717) is 5.92 Å². The molecule has 4 heteroatoms. The standard InChI is InChI=1S/C14H26N4/c1-3-5-18-11-16-8-14(18)10-17-6-4-12(2)13(7-15)9-17/h8,11-13H,3-7,9-10,15H2,1-2H3. The van der Waals surface area contributed by atoms with Crippen molar-refractivity contribution in [3.05, 3.63) is 18.2 Å². The van der Waals surface area contributed by atoms with Crippen molar-refractivity contribution in [2.45, 2.75) is 39.8 Å². The number of piperidine rings is 1. The molecule has 1 aromatic rings. The average molecular weight is 250 g/mol. The summed E-state index contributed by atoms with van der Waals surface area (Å²) in [6.07, 6.45) is 6.38. The van der Waals surface area contributed by atoms with Gasteiger partial charge in [0.15, 0.2) is 0 Å². The third kappa shape index (κ3) is 3.12. The molecule has 18 heavy (non-hydrogen) atoms. The van der Waals surface area contributed by atoms with Crippen LogP contribution in [0.2, 0.25) is 0 Å². The van der Waals surface area contributed by atoms with Gasteiger partial charge >= 0.3 is 0 Å². The molecule has 4 nitrogen and oxygen atoms in total. The predicted molar refractivity (Wildman–Crippen MR) is 74.1 cm³/mol. The molecular formula is C14H26N4. The molecule has 2 heterocycles. The molecule has 2 rings (SSSR count). The molecule has 2 unspecified atom stereocenters. The highest BCUT2D eigenvalue weighted by molar-refractivity contribution is 4.99. The first-order valence-corrected chi connectivity index (χ1v) is 7.16. The van der Waals surface area contributed by atoms with Gasteiger partial charge in [-0.05, 0) is 37.8 Å². The summed E-state index contributed by atoms with van der Waals surface area (Å²) in [5.41, 5.74) is 7.20. The molecule has 1 aliphatic rings. The molecule has 0 radical (unpaired) electrons. The molecular weight excluding hydrogens is 224 g/mol. The van der Waals surface area contributed by atoms with Crippen LogP contribution in [0.1, 0.15) is 32.4 Å². The third-order valence-electron chi connectivity index (χ3n) is 4.15. The van der Waals surface area contributed by atoms with Crippen molar-refractivity contribution in [2.75, 3.05) is 19.6 Å². The SMILES string of the molecule is CCCn1cncc1CN1CCC(C)C(CN)C1. The summed E-state index contributed by atoms with van der Waals surface area (Å²) < 4.78 is 2.27. The van der Waals surface area contributed by atoms with Gasteiger partial charge in [-0.2, -0.15) is 0 Å². The van der Waals surface area contributed by atoms with Gasteiger partial charge in [0.1, 0.15) is 0 Å². The highest BCUT2D eigenvalue weighted by Crippen LogP contribution is 2.23. The lowest BCUT2D eigenvalue weighted by Gasteiger charge is -2.36. The Hall–Kier alpha value is -0.870. The Morgan fingerprint density at radius 3 is 3.06 bits per heavy atom. The molecule has 2 atom stereocenters. The molecule has 1 aliphatic heterocycles. The van der Waals surface area contributed by atoms with E-state index in [1.165, 1.54) is 18.7 Å². The fourth-order valence-electron chi connectivity index (χ4n) is 2.83. The zero-order valence-corrected chi connectivity index (χ0v) is 11.7. The van der Waals surface area contributed by atoms with Crippen molar-refractivity contribution in [2.24, 2.45) is 17.6 Å². The molecule has 0 spiro atoms. The number of hydrogen-bond donors (Lipinski definition) is 1. The van der Waals surface area contributed by atoms with Crippen molar-refractivity contribution < 1.29 is 0 Å². The van der Waals surface area contributed by atoms with Crippen LogP contribution in [-0.4, -0.2) is 34.1 Å². The van der Waals surface area contributed by atoms with E-state index < -0.39 is 0 Å². The molecule has 0 bridgehead atoms. The number of likely N-dealkylation sites (tertiary alicyclic amines) is 1. The smallest absolute Gasteiger partial charge is 0.0948 e. The van der Waals surface area contributed by atoms with Gasteiger partial charge in [0.05, 0.1) is 12.0 Å². The molecule has 2 N–H and O–H groups in total. The number of hydrogen-bond acceptors (Lipinski definition) is 3. The highest BCUT2D eigenvalue weighted by Gasteiger charge is 2.25. The molecule has 1 aromatic heterocycles. The number of nitrogens with two attached hydrogens (primary N) is 1. The first kappa shape index (κ1) is 13.6. The van der Waals surface area contributed by atoms with Crippen LogP contribution >= 0.6 is 0 Å². The summed E-state index contributed by atoms with van der Waals surface area (Å²) in [7, 11) is 0. The Labute approximate surface area is 110 Å². The molecule has 0 saturated carbocycles. The number of rotatable bonds is 5. The summed E-state index contributed by atoms with van der Waals surface area (Å²) >= 11 is 0. The maximum Gasteiger partial charge on any atom is 0.0948 e. The lowest BCUT2D eigenvalue weighted by molar-refractivity contribution is 0.124. The molecule has 0 aromatic carbocycles. The lowest BCUT2D eigenvalue weighted by Crippen LogP contribution is -2.42. The molecule has 0 amide bonds. The van der Waals surface area contributed by atoms with E-state index in [4.69, 9.17) is 5.73 Å². The Kier molecular flexibility index (Phi) is 4.78. The molecule has 0 aliphatic carbocycles. The topological polar surface area (TPSA) is 47.1 Å². The maximum absolute atomic E-state index is 5.86. The summed E-state index contributed by atoms with van der Waals surface area (Å²) in [5, 5.41) is 0. The summed E-state index contributed by atoms with van der Waals surface area (Å²) in [5.74, 6) is 1.42. The largest absolute Gasteiger partial charge is 0.333 e. The van der Waals surface area contributed by atoms with Crippen LogP contribution in [0.4, 0.5) is 0 Å². The maximum atomic E-state index is 5.86. The van der Waals surface area contributed by atoms with Gasteiger partial charge in [-0.25, -0.2) is 4.98 Å². The van der Waals surface area contributed by atoms with E-state index in [9.17, 15) is 0 Å². The Bertz CT molecular complexity index is 360. The summed E-state index contributed by atoms with van der Waals surface area (Å²) in [6, 6.07) is 0. The van der Waals surface area contributed by atoms with E-state index in [1.54, 1.807) is 0 Å². The van der Waals surface area contributed by atoms with Crippen LogP contribution in [-0.2, 0) is 13.1 Å². The van der Waals surface area contributed by atoms with Crippen LogP contribution in [0.3, 0.4) is 0 Å². The monoisotopic (exact) mass is 250 g/mol. The predicted octanol–water partition coefficient (Wildman–Crippen LogP) is 1.71. The van der Waals surface area contributed by atoms with Crippen molar-refractivity contribution in [3.63, 3.8) is 0 Å². The first-order chi connectivity index (χ1) is 8.74. The summed E-state index contributed by atoms with van der Waals surface area (Å²) in [4.78, 5) is 6.80. The second kappa shape index (κ2) is 6.34. The first-order valence-electron chi connectivity index (χ1n) is 7.16. The molecule has 1 saturated heterocycles. The summed E-state index contributed by atoms with van der Waals surface area (Å²) in [6.45, 7) is 9.76. The van der Waals surface area contributed by atoms with Gasteiger partial charge in [0.2, 0.25) is 0 Å². The Morgan fingerprint density at radius 1 is 1.50 bits per heavy atom. The third-order valence-corrected chi connectivity index (χ3v) is 4.15. The van der Waals surface area contributed by atoms with Crippen LogP contribution in [0, 0.1) is 11.8 Å². The fourth-order valence-corrected chi connectivity index (χ4v) is 2.83. The van der Waals surface area contributed by atoms with Gasteiger partial charge < -0.3 is 10.3 Å².